The third kappa shape index (κ3) is 8.13. The van der Waals surface area contributed by atoms with Crippen molar-refractivity contribution in [1.29, 1.82) is 0 Å². The first-order valence-corrected chi connectivity index (χ1v) is 6.93. The van der Waals surface area contributed by atoms with Gasteiger partial charge in [0.05, 0.1) is 0 Å². The highest BCUT2D eigenvalue weighted by atomic mass is 16.4. The predicted molar refractivity (Wildman–Crippen MR) is 78.8 cm³/mol. The largest absolute Gasteiger partial charge is 0.480 e. The molecule has 8 heteroatoms. The van der Waals surface area contributed by atoms with Gasteiger partial charge in [-0.1, -0.05) is 0 Å². The lowest BCUT2D eigenvalue weighted by molar-refractivity contribution is -0.137. The standard InChI is InChI=1S/C13H26N4O4/c1-9(2)17(10(3)4)6-5-15-13(21)16(7-11(14)18)8-12(19)20/h9-10H,5-8H2,1-4H3,(H2,14,18)(H,15,21)(H,19,20). The van der Waals surface area contributed by atoms with Gasteiger partial charge in [-0.2, -0.15) is 0 Å². The van der Waals surface area contributed by atoms with Gasteiger partial charge >= 0.3 is 12.0 Å². The number of carbonyl (C=O) groups excluding carboxylic acids is 2. The van der Waals surface area contributed by atoms with Crippen LogP contribution in [0.25, 0.3) is 0 Å². The lowest BCUT2D eigenvalue weighted by atomic mass is 10.2. The van der Waals surface area contributed by atoms with E-state index in [1.165, 1.54) is 0 Å². The Labute approximate surface area is 125 Å². The van der Waals surface area contributed by atoms with Gasteiger partial charge in [0.1, 0.15) is 13.1 Å². The maximum atomic E-state index is 11.9. The smallest absolute Gasteiger partial charge is 0.323 e. The highest BCUT2D eigenvalue weighted by Crippen LogP contribution is 2.03. The van der Waals surface area contributed by atoms with Crippen LogP contribution in [0, 0.1) is 0 Å². The summed E-state index contributed by atoms with van der Waals surface area (Å²) in [5.41, 5.74) is 5.00. The number of nitrogens with one attached hydrogen (secondary N) is 1. The van der Waals surface area contributed by atoms with Gasteiger partial charge in [0.2, 0.25) is 5.91 Å². The third-order valence-electron chi connectivity index (χ3n) is 2.93. The molecule has 0 saturated heterocycles. The van der Waals surface area contributed by atoms with Crippen molar-refractivity contribution in [1.82, 2.24) is 15.1 Å². The monoisotopic (exact) mass is 302 g/mol. The first kappa shape index (κ1) is 19.2. The SMILES string of the molecule is CC(C)N(CCNC(=O)N(CC(N)=O)CC(=O)O)C(C)C. The number of carboxylic acids is 1. The molecule has 0 aliphatic rings. The first-order chi connectivity index (χ1) is 9.65. The number of hydrogen-bond donors (Lipinski definition) is 3. The second kappa shape index (κ2) is 9.17. The summed E-state index contributed by atoms with van der Waals surface area (Å²) >= 11 is 0. The molecule has 0 atom stereocenters. The molecule has 4 N–H and O–H groups in total. The van der Waals surface area contributed by atoms with Crippen molar-refractivity contribution in [2.24, 2.45) is 5.73 Å². The molecule has 0 aromatic rings. The number of rotatable bonds is 9. The van der Waals surface area contributed by atoms with Crippen LogP contribution >= 0.6 is 0 Å². The Hall–Kier alpha value is -1.83. The van der Waals surface area contributed by atoms with Gasteiger partial charge in [0.25, 0.3) is 0 Å². The minimum atomic E-state index is -1.20. The average Bonchev–Trinajstić information content (AvgIpc) is 2.31. The molecule has 3 amide bonds. The topological polar surface area (TPSA) is 116 Å². The van der Waals surface area contributed by atoms with Crippen LogP contribution in [0.4, 0.5) is 4.79 Å². The molecule has 21 heavy (non-hydrogen) atoms. The fourth-order valence-corrected chi connectivity index (χ4v) is 2.07. The van der Waals surface area contributed by atoms with Crippen LogP contribution in [0.2, 0.25) is 0 Å². The van der Waals surface area contributed by atoms with Crippen molar-refractivity contribution in [3.8, 4) is 0 Å². The van der Waals surface area contributed by atoms with Crippen LogP contribution in [0.5, 0.6) is 0 Å². The van der Waals surface area contributed by atoms with Crippen molar-refractivity contribution in [3.63, 3.8) is 0 Å². The minimum Gasteiger partial charge on any atom is -0.480 e. The quantitative estimate of drug-likeness (QED) is 0.540. The summed E-state index contributed by atoms with van der Waals surface area (Å²) in [6, 6.07) is 0.0638. The molecule has 0 heterocycles. The van der Waals surface area contributed by atoms with Gasteiger partial charge in [-0.05, 0) is 27.7 Å². The summed E-state index contributed by atoms with van der Waals surface area (Å²) in [5.74, 6) is -1.95. The zero-order chi connectivity index (χ0) is 16.6. The Kier molecular flexibility index (Phi) is 8.37. The molecule has 0 aliphatic carbocycles. The van der Waals surface area contributed by atoms with E-state index >= 15 is 0 Å². The number of urea groups is 1. The van der Waals surface area contributed by atoms with Gasteiger partial charge in [0.15, 0.2) is 0 Å². The summed E-state index contributed by atoms with van der Waals surface area (Å²) < 4.78 is 0. The molecular weight excluding hydrogens is 276 g/mol. The number of carbonyl (C=O) groups is 3. The third-order valence-corrected chi connectivity index (χ3v) is 2.93. The van der Waals surface area contributed by atoms with Gasteiger partial charge in [-0.15, -0.1) is 0 Å². The number of carboxylic acid groups (broad SMARTS) is 1. The van der Waals surface area contributed by atoms with E-state index in [1.807, 2.05) is 0 Å². The molecule has 122 valence electrons. The summed E-state index contributed by atoms with van der Waals surface area (Å²) in [4.78, 5) is 36.5. The van der Waals surface area contributed by atoms with Crippen molar-refractivity contribution in [3.05, 3.63) is 0 Å². The summed E-state index contributed by atoms with van der Waals surface area (Å²) in [6.07, 6.45) is 0. The predicted octanol–water partition coefficient (Wildman–Crippen LogP) is -0.313. The molecule has 0 radical (unpaired) electrons. The molecular formula is C13H26N4O4. The molecule has 8 nitrogen and oxygen atoms in total. The van der Waals surface area contributed by atoms with Crippen molar-refractivity contribution >= 4 is 17.9 Å². The fourth-order valence-electron chi connectivity index (χ4n) is 2.07. The fraction of sp³-hybridized carbons (Fsp3) is 0.769. The molecule has 0 aromatic heterocycles. The van der Waals surface area contributed by atoms with E-state index in [4.69, 9.17) is 10.8 Å². The highest BCUT2D eigenvalue weighted by Gasteiger charge is 2.19. The number of hydrogen-bond acceptors (Lipinski definition) is 4. The highest BCUT2D eigenvalue weighted by molar-refractivity contribution is 5.85. The van der Waals surface area contributed by atoms with Crippen molar-refractivity contribution in [2.75, 3.05) is 26.2 Å². The minimum absolute atomic E-state index is 0.336. The molecule has 0 saturated carbocycles. The maximum Gasteiger partial charge on any atom is 0.323 e. The van der Waals surface area contributed by atoms with Crippen LogP contribution in [-0.2, 0) is 9.59 Å². The van der Waals surface area contributed by atoms with E-state index < -0.39 is 31.0 Å². The lowest BCUT2D eigenvalue weighted by Crippen LogP contribution is -2.49. The normalized spacial score (nSPS) is 11.0. The maximum absolute atomic E-state index is 11.9. The Balaban J connectivity index is 4.42. The lowest BCUT2D eigenvalue weighted by Gasteiger charge is -2.30. The zero-order valence-electron chi connectivity index (χ0n) is 13.1. The molecule has 0 aromatic carbocycles. The van der Waals surface area contributed by atoms with Crippen LogP contribution in [-0.4, -0.2) is 71.1 Å². The number of amides is 3. The van der Waals surface area contributed by atoms with Crippen LogP contribution < -0.4 is 11.1 Å². The average molecular weight is 302 g/mol. The Morgan fingerprint density at radius 1 is 1.10 bits per heavy atom. The second-order valence-corrected chi connectivity index (χ2v) is 5.37. The second-order valence-electron chi connectivity index (χ2n) is 5.37. The summed E-state index contributed by atoms with van der Waals surface area (Å²) in [6.45, 7) is 8.26. The Morgan fingerprint density at radius 2 is 1.62 bits per heavy atom. The van der Waals surface area contributed by atoms with Gasteiger partial charge < -0.3 is 21.1 Å². The molecule has 0 rings (SSSR count). The van der Waals surface area contributed by atoms with Crippen LogP contribution in [0.15, 0.2) is 0 Å². The van der Waals surface area contributed by atoms with E-state index in [-0.39, 0.29) is 0 Å². The summed E-state index contributed by atoms with van der Waals surface area (Å²) in [5, 5.41) is 11.3. The zero-order valence-corrected chi connectivity index (χ0v) is 13.1. The molecule has 0 spiro atoms. The molecule has 0 bridgehead atoms. The molecule has 0 unspecified atom stereocenters. The van der Waals surface area contributed by atoms with Gasteiger partial charge in [0, 0.05) is 25.2 Å². The van der Waals surface area contributed by atoms with E-state index in [9.17, 15) is 14.4 Å². The number of nitrogens with zero attached hydrogens (tertiary/aromatic N) is 2. The number of nitrogens with two attached hydrogens (primary N) is 1. The van der Waals surface area contributed by atoms with Crippen molar-refractivity contribution < 1.29 is 19.5 Å². The number of primary amides is 1. The molecule has 0 aliphatic heterocycles. The van der Waals surface area contributed by atoms with E-state index in [0.29, 0.717) is 25.2 Å². The Bertz CT molecular complexity index is 347. The van der Waals surface area contributed by atoms with E-state index in [0.717, 1.165) is 4.90 Å². The van der Waals surface area contributed by atoms with Gasteiger partial charge in [-0.3, -0.25) is 14.5 Å². The molecule has 0 fully saturated rings. The Morgan fingerprint density at radius 3 is 2.00 bits per heavy atom. The van der Waals surface area contributed by atoms with Crippen molar-refractivity contribution in [2.45, 2.75) is 39.8 Å². The van der Waals surface area contributed by atoms with Crippen LogP contribution in [0.3, 0.4) is 0 Å². The summed E-state index contributed by atoms with van der Waals surface area (Å²) in [7, 11) is 0. The first-order valence-electron chi connectivity index (χ1n) is 6.93. The van der Waals surface area contributed by atoms with E-state index in [2.05, 4.69) is 37.9 Å². The van der Waals surface area contributed by atoms with Gasteiger partial charge in [-0.25, -0.2) is 4.79 Å². The van der Waals surface area contributed by atoms with E-state index in [1.54, 1.807) is 0 Å². The number of aliphatic carboxylic acids is 1. The van der Waals surface area contributed by atoms with Crippen LogP contribution in [0.1, 0.15) is 27.7 Å².